The van der Waals surface area contributed by atoms with E-state index in [2.05, 4.69) is 4.99 Å². The van der Waals surface area contributed by atoms with Crippen LogP contribution in [-0.2, 0) is 4.79 Å². The molecule has 2 nitrogen and oxygen atoms in total. The molecule has 0 N–H and O–H groups in total. The molecule has 0 spiro atoms. The average molecular weight is 318 g/mol. The van der Waals surface area contributed by atoms with Crippen LogP contribution < -0.4 is 0 Å². The number of carbonyl (C=O) groups is 1. The maximum atomic E-state index is 11.7. The molecule has 1 heterocycles. The third-order valence-electron chi connectivity index (χ3n) is 2.12. The molecule has 0 bridgehead atoms. The van der Waals surface area contributed by atoms with Crippen molar-refractivity contribution in [1.29, 1.82) is 0 Å². The Balaban J connectivity index is 2.30. The lowest BCUT2D eigenvalue weighted by Crippen LogP contribution is -1.88. The van der Waals surface area contributed by atoms with Crippen LogP contribution in [0.5, 0.6) is 0 Å². The number of carbonyl (C=O) groups excluding carboxylic acids is 1. The van der Waals surface area contributed by atoms with Gasteiger partial charge >= 0.3 is 0 Å². The summed E-state index contributed by atoms with van der Waals surface area (Å²) in [6.07, 6.45) is 1.69. The molecule has 1 aliphatic heterocycles. The third-order valence-corrected chi connectivity index (χ3v) is 4.58. The van der Waals surface area contributed by atoms with Gasteiger partial charge in [-0.2, -0.15) is 0 Å². The Kier molecular flexibility index (Phi) is 4.78. The lowest BCUT2D eigenvalue weighted by molar-refractivity contribution is -0.107. The minimum atomic E-state index is -0.0445. The maximum Gasteiger partial charge on any atom is 0.244 e. The Hall–Kier alpha value is -0.420. The molecule has 0 unspecified atom stereocenters. The molecule has 0 saturated heterocycles. The van der Waals surface area contributed by atoms with Crippen LogP contribution in [0.2, 0.25) is 10.0 Å². The molecule has 0 atom stereocenters. The van der Waals surface area contributed by atoms with Crippen LogP contribution in [0.15, 0.2) is 28.9 Å². The molecular weight excluding hydrogens is 309 g/mol. The van der Waals surface area contributed by atoms with Gasteiger partial charge in [0.25, 0.3) is 0 Å². The first-order chi connectivity index (χ1) is 8.60. The topological polar surface area (TPSA) is 29.4 Å². The largest absolute Gasteiger partial charge is 0.279 e. The van der Waals surface area contributed by atoms with Gasteiger partial charge in [-0.05, 0) is 41.3 Å². The summed E-state index contributed by atoms with van der Waals surface area (Å²) in [5, 5.41) is 1.04. The average Bonchev–Trinajstić information content (AvgIpc) is 2.64. The van der Waals surface area contributed by atoms with E-state index in [4.69, 9.17) is 23.2 Å². The molecule has 0 aliphatic carbocycles. The smallest absolute Gasteiger partial charge is 0.244 e. The zero-order chi connectivity index (χ0) is 13.1. The van der Waals surface area contributed by atoms with E-state index >= 15 is 0 Å². The van der Waals surface area contributed by atoms with Crippen molar-refractivity contribution in [3.63, 3.8) is 0 Å². The molecule has 0 amide bonds. The van der Waals surface area contributed by atoms with Crippen molar-refractivity contribution in [2.24, 2.45) is 4.99 Å². The Morgan fingerprint density at radius 2 is 2.22 bits per heavy atom. The number of hydrogen-bond donors (Lipinski definition) is 0. The van der Waals surface area contributed by atoms with Crippen molar-refractivity contribution in [1.82, 2.24) is 0 Å². The quantitative estimate of drug-likeness (QED) is 0.739. The highest BCUT2D eigenvalue weighted by molar-refractivity contribution is 8.45. The lowest BCUT2D eigenvalue weighted by atomic mass is 10.2. The van der Waals surface area contributed by atoms with Crippen LogP contribution in [0, 0.1) is 0 Å². The number of nitrogens with zero attached hydrogens (tertiary/aromatic N) is 1. The van der Waals surface area contributed by atoms with Crippen LogP contribution >= 0.6 is 46.7 Å². The SMILES string of the molecule is CCSC1=NC(=Cc2ccc(Cl)cc2Cl)C(=O)S1. The highest BCUT2D eigenvalue weighted by Crippen LogP contribution is 2.32. The summed E-state index contributed by atoms with van der Waals surface area (Å²) in [5.74, 6) is 0.897. The summed E-state index contributed by atoms with van der Waals surface area (Å²) in [7, 11) is 0. The summed E-state index contributed by atoms with van der Waals surface area (Å²) in [4.78, 5) is 16.0. The van der Waals surface area contributed by atoms with Gasteiger partial charge in [0, 0.05) is 10.0 Å². The molecule has 18 heavy (non-hydrogen) atoms. The fourth-order valence-electron chi connectivity index (χ4n) is 1.34. The monoisotopic (exact) mass is 317 g/mol. The van der Waals surface area contributed by atoms with E-state index in [0.717, 1.165) is 27.5 Å². The van der Waals surface area contributed by atoms with E-state index in [1.165, 1.54) is 0 Å². The zero-order valence-electron chi connectivity index (χ0n) is 9.44. The van der Waals surface area contributed by atoms with Gasteiger partial charge in [-0.25, -0.2) is 4.99 Å². The highest BCUT2D eigenvalue weighted by atomic mass is 35.5. The number of halogens is 2. The van der Waals surface area contributed by atoms with Gasteiger partial charge in [-0.3, -0.25) is 4.79 Å². The first-order valence-corrected chi connectivity index (χ1v) is 7.76. The lowest BCUT2D eigenvalue weighted by Gasteiger charge is -1.99. The Morgan fingerprint density at radius 1 is 1.44 bits per heavy atom. The second-order valence-electron chi connectivity index (χ2n) is 3.40. The van der Waals surface area contributed by atoms with E-state index in [1.54, 1.807) is 36.0 Å². The minimum Gasteiger partial charge on any atom is -0.279 e. The third kappa shape index (κ3) is 3.32. The van der Waals surface area contributed by atoms with Gasteiger partial charge < -0.3 is 0 Å². The van der Waals surface area contributed by atoms with Crippen LogP contribution in [0.25, 0.3) is 6.08 Å². The Morgan fingerprint density at radius 3 is 2.89 bits per heavy atom. The molecule has 0 aromatic heterocycles. The molecule has 1 aliphatic rings. The fraction of sp³-hybridized carbons (Fsp3) is 0.167. The fourth-order valence-corrected chi connectivity index (χ4v) is 3.54. The number of thioether (sulfide) groups is 2. The Labute approximate surface area is 124 Å². The second kappa shape index (κ2) is 6.15. The number of benzene rings is 1. The zero-order valence-corrected chi connectivity index (χ0v) is 12.6. The van der Waals surface area contributed by atoms with E-state index in [1.807, 2.05) is 6.92 Å². The van der Waals surface area contributed by atoms with Crippen molar-refractivity contribution < 1.29 is 4.79 Å². The van der Waals surface area contributed by atoms with Crippen molar-refractivity contribution in [3.05, 3.63) is 39.5 Å². The van der Waals surface area contributed by atoms with Crippen molar-refractivity contribution in [2.75, 3.05) is 5.75 Å². The molecule has 94 valence electrons. The van der Waals surface area contributed by atoms with E-state index in [9.17, 15) is 4.79 Å². The van der Waals surface area contributed by atoms with Crippen molar-refractivity contribution >= 4 is 62.3 Å². The summed E-state index contributed by atoms with van der Waals surface area (Å²) in [6.45, 7) is 2.02. The molecule has 1 aromatic rings. The second-order valence-corrected chi connectivity index (χ2v) is 6.71. The summed E-state index contributed by atoms with van der Waals surface area (Å²) in [5.41, 5.74) is 1.18. The standard InChI is InChI=1S/C12H9Cl2NOS2/c1-2-17-12-15-10(11(16)18-12)5-7-3-4-8(13)6-9(7)14/h3-6H,2H2,1H3. The van der Waals surface area contributed by atoms with E-state index < -0.39 is 0 Å². The number of rotatable bonds is 2. The van der Waals surface area contributed by atoms with Gasteiger partial charge in [0.2, 0.25) is 5.12 Å². The highest BCUT2D eigenvalue weighted by Gasteiger charge is 2.22. The molecule has 1 aromatic carbocycles. The molecule has 6 heteroatoms. The van der Waals surface area contributed by atoms with Crippen molar-refractivity contribution in [3.8, 4) is 0 Å². The normalized spacial score (nSPS) is 17.4. The molecule has 0 saturated carbocycles. The maximum absolute atomic E-state index is 11.7. The van der Waals surface area contributed by atoms with Crippen LogP contribution in [0.3, 0.4) is 0 Å². The van der Waals surface area contributed by atoms with E-state index in [0.29, 0.717) is 15.7 Å². The molecule has 0 fully saturated rings. The number of hydrogen-bond acceptors (Lipinski definition) is 4. The Bertz CT molecular complexity index is 555. The van der Waals surface area contributed by atoms with Gasteiger partial charge in [-0.1, -0.05) is 48.0 Å². The molecular formula is C12H9Cl2NOS2. The van der Waals surface area contributed by atoms with Crippen LogP contribution in [0.4, 0.5) is 0 Å². The van der Waals surface area contributed by atoms with Gasteiger partial charge in [0.1, 0.15) is 10.1 Å². The summed E-state index contributed by atoms with van der Waals surface area (Å²) in [6, 6.07) is 5.15. The predicted octanol–water partition coefficient (Wildman–Crippen LogP) is 4.72. The van der Waals surface area contributed by atoms with Gasteiger partial charge in [0.05, 0.1) is 0 Å². The van der Waals surface area contributed by atoms with Gasteiger partial charge in [-0.15, -0.1) is 0 Å². The minimum absolute atomic E-state index is 0.0445. The van der Waals surface area contributed by atoms with Crippen LogP contribution in [-0.4, -0.2) is 15.2 Å². The molecule has 2 rings (SSSR count). The van der Waals surface area contributed by atoms with Crippen molar-refractivity contribution in [2.45, 2.75) is 6.92 Å². The van der Waals surface area contributed by atoms with Gasteiger partial charge in [0.15, 0.2) is 0 Å². The van der Waals surface area contributed by atoms with E-state index in [-0.39, 0.29) is 5.12 Å². The predicted molar refractivity (Wildman–Crippen MR) is 82.6 cm³/mol. The summed E-state index contributed by atoms with van der Waals surface area (Å²) < 4.78 is 0.791. The number of aliphatic imine (C=N–C) groups is 1. The summed E-state index contributed by atoms with van der Waals surface area (Å²) >= 11 is 14.6. The van der Waals surface area contributed by atoms with Crippen LogP contribution in [0.1, 0.15) is 12.5 Å². The molecule has 0 radical (unpaired) electrons. The first-order valence-electron chi connectivity index (χ1n) is 5.20. The first kappa shape index (κ1) is 14.0.